The van der Waals surface area contributed by atoms with Crippen molar-refractivity contribution in [1.82, 2.24) is 9.88 Å². The number of amides is 2. The third kappa shape index (κ3) is 2.93. The fourth-order valence-electron chi connectivity index (χ4n) is 3.41. The maximum atomic E-state index is 12.1. The molecule has 1 aliphatic rings. The molecular formula is C21H18N2O3. The number of benzene rings is 2. The van der Waals surface area contributed by atoms with Gasteiger partial charge in [0.2, 0.25) is 0 Å². The summed E-state index contributed by atoms with van der Waals surface area (Å²) in [6.45, 7) is 0.427. The predicted octanol–water partition coefficient (Wildman–Crippen LogP) is 2.26. The number of nitrogens with zero attached hydrogens (tertiary/aromatic N) is 1. The molecule has 2 N–H and O–H groups in total. The number of aliphatic hydroxyl groups excluding tert-OH is 1. The largest absolute Gasteiger partial charge is 0.395 e. The van der Waals surface area contributed by atoms with E-state index in [9.17, 15) is 14.7 Å². The Balaban J connectivity index is 1.82. The van der Waals surface area contributed by atoms with E-state index in [2.05, 4.69) is 29.6 Å². The second-order valence-corrected chi connectivity index (χ2v) is 6.35. The van der Waals surface area contributed by atoms with Crippen LogP contribution in [0.4, 0.5) is 0 Å². The van der Waals surface area contributed by atoms with Gasteiger partial charge in [0.15, 0.2) is 0 Å². The van der Waals surface area contributed by atoms with Crippen LogP contribution in [0.1, 0.15) is 16.7 Å². The Bertz CT molecular complexity index is 1030. The Labute approximate surface area is 150 Å². The molecule has 130 valence electrons. The topological polar surface area (TPSA) is 71.3 Å². The van der Waals surface area contributed by atoms with Crippen molar-refractivity contribution in [1.29, 1.82) is 0 Å². The zero-order valence-electron chi connectivity index (χ0n) is 14.1. The molecule has 3 aromatic rings. The van der Waals surface area contributed by atoms with Crippen LogP contribution in [-0.4, -0.2) is 28.1 Å². The number of imide groups is 1. The zero-order valence-corrected chi connectivity index (χ0v) is 14.1. The van der Waals surface area contributed by atoms with Crippen LogP contribution >= 0.6 is 0 Å². The number of nitrogens with one attached hydrogen (secondary N) is 1. The van der Waals surface area contributed by atoms with Gasteiger partial charge >= 0.3 is 0 Å². The van der Waals surface area contributed by atoms with E-state index in [1.54, 1.807) is 0 Å². The lowest BCUT2D eigenvalue weighted by atomic mass is 10.00. The molecule has 2 amide bonds. The average Bonchev–Trinajstić information content (AvgIpc) is 3.15. The van der Waals surface area contributed by atoms with Gasteiger partial charge in [-0.15, -0.1) is 0 Å². The lowest BCUT2D eigenvalue weighted by Crippen LogP contribution is -2.21. The summed E-state index contributed by atoms with van der Waals surface area (Å²) < 4.78 is 1.91. The maximum absolute atomic E-state index is 12.1. The molecule has 26 heavy (non-hydrogen) atoms. The fraction of sp³-hybridized carbons (Fsp3) is 0.143. The quantitative estimate of drug-likeness (QED) is 0.696. The van der Waals surface area contributed by atoms with Crippen LogP contribution in [0.5, 0.6) is 0 Å². The monoisotopic (exact) mass is 346 g/mol. The molecule has 0 atom stereocenters. The van der Waals surface area contributed by atoms with Gasteiger partial charge in [0, 0.05) is 35.3 Å². The SMILES string of the molecule is O=C1C=C(c2cn(CCO)c3ccc(Cc4ccccc4)cc23)C(=O)N1. The molecule has 0 saturated heterocycles. The number of aromatic nitrogens is 1. The number of hydrogen-bond donors (Lipinski definition) is 2. The third-order valence-corrected chi connectivity index (χ3v) is 4.58. The van der Waals surface area contributed by atoms with Gasteiger partial charge in [0.05, 0.1) is 12.2 Å². The van der Waals surface area contributed by atoms with E-state index in [4.69, 9.17) is 0 Å². The van der Waals surface area contributed by atoms with Crippen molar-refractivity contribution in [2.75, 3.05) is 6.61 Å². The number of hydrogen-bond acceptors (Lipinski definition) is 3. The van der Waals surface area contributed by atoms with E-state index < -0.39 is 5.91 Å². The number of carbonyl (C=O) groups is 2. The Morgan fingerprint density at radius 3 is 2.50 bits per heavy atom. The molecule has 2 heterocycles. The minimum atomic E-state index is -0.395. The Morgan fingerprint density at radius 2 is 1.81 bits per heavy atom. The van der Waals surface area contributed by atoms with Gasteiger partial charge in [-0.1, -0.05) is 36.4 Å². The molecule has 0 spiro atoms. The van der Waals surface area contributed by atoms with Gasteiger partial charge in [-0.05, 0) is 29.7 Å². The van der Waals surface area contributed by atoms with Crippen LogP contribution < -0.4 is 5.32 Å². The van der Waals surface area contributed by atoms with Gasteiger partial charge in [-0.25, -0.2) is 0 Å². The van der Waals surface area contributed by atoms with Gasteiger partial charge in [-0.3, -0.25) is 14.9 Å². The average molecular weight is 346 g/mol. The highest BCUT2D eigenvalue weighted by Gasteiger charge is 2.25. The van der Waals surface area contributed by atoms with Crippen LogP contribution in [0.3, 0.4) is 0 Å². The molecule has 2 aromatic carbocycles. The van der Waals surface area contributed by atoms with Crippen molar-refractivity contribution >= 4 is 28.3 Å². The first kappa shape index (κ1) is 16.3. The minimum Gasteiger partial charge on any atom is -0.395 e. The van der Waals surface area contributed by atoms with Crippen molar-refractivity contribution < 1.29 is 14.7 Å². The van der Waals surface area contributed by atoms with Gasteiger partial charge in [-0.2, -0.15) is 0 Å². The van der Waals surface area contributed by atoms with Crippen LogP contribution in [0.25, 0.3) is 16.5 Å². The van der Waals surface area contributed by atoms with Crippen molar-refractivity contribution in [2.45, 2.75) is 13.0 Å². The summed E-state index contributed by atoms with van der Waals surface area (Å²) >= 11 is 0. The summed E-state index contributed by atoms with van der Waals surface area (Å²) in [6.07, 6.45) is 3.95. The molecule has 0 radical (unpaired) electrons. The molecule has 1 aromatic heterocycles. The fourth-order valence-corrected chi connectivity index (χ4v) is 3.41. The van der Waals surface area contributed by atoms with Gasteiger partial charge in [0.1, 0.15) is 0 Å². The first-order valence-electron chi connectivity index (χ1n) is 8.49. The highest BCUT2D eigenvalue weighted by Crippen LogP contribution is 2.30. The maximum Gasteiger partial charge on any atom is 0.258 e. The smallest absolute Gasteiger partial charge is 0.258 e. The number of rotatable bonds is 5. The van der Waals surface area contributed by atoms with E-state index >= 15 is 0 Å². The van der Waals surface area contributed by atoms with Crippen LogP contribution in [0, 0.1) is 0 Å². The first-order chi connectivity index (χ1) is 12.7. The van der Waals surface area contributed by atoms with Crippen molar-refractivity contribution in [3.05, 3.63) is 77.5 Å². The summed E-state index contributed by atoms with van der Waals surface area (Å²) in [7, 11) is 0. The van der Waals surface area contributed by atoms with E-state index in [0.29, 0.717) is 17.7 Å². The Kier molecular flexibility index (Phi) is 4.14. The van der Waals surface area contributed by atoms with E-state index in [1.807, 2.05) is 35.0 Å². The molecule has 0 unspecified atom stereocenters. The summed E-state index contributed by atoms with van der Waals surface area (Å²) in [5.41, 5.74) is 4.34. The highest BCUT2D eigenvalue weighted by molar-refractivity contribution is 6.35. The summed E-state index contributed by atoms with van der Waals surface area (Å²) in [6, 6.07) is 16.3. The molecule has 1 aliphatic heterocycles. The van der Waals surface area contributed by atoms with E-state index in [0.717, 1.165) is 22.9 Å². The van der Waals surface area contributed by atoms with Gasteiger partial charge < -0.3 is 9.67 Å². The van der Waals surface area contributed by atoms with E-state index in [-0.39, 0.29) is 12.5 Å². The molecule has 0 saturated carbocycles. The Morgan fingerprint density at radius 1 is 1.00 bits per heavy atom. The summed E-state index contributed by atoms with van der Waals surface area (Å²) in [4.78, 5) is 23.7. The Hall–Kier alpha value is -3.18. The third-order valence-electron chi connectivity index (χ3n) is 4.58. The second-order valence-electron chi connectivity index (χ2n) is 6.35. The molecule has 5 heteroatoms. The molecule has 0 aliphatic carbocycles. The number of aliphatic hydroxyl groups is 1. The van der Waals surface area contributed by atoms with Crippen molar-refractivity contribution in [3.8, 4) is 0 Å². The lowest BCUT2D eigenvalue weighted by Gasteiger charge is -2.05. The van der Waals surface area contributed by atoms with Gasteiger partial charge in [0.25, 0.3) is 11.8 Å². The van der Waals surface area contributed by atoms with Crippen LogP contribution in [-0.2, 0) is 22.6 Å². The second kappa shape index (κ2) is 6.61. The normalized spacial score (nSPS) is 14.0. The predicted molar refractivity (Wildman–Crippen MR) is 99.4 cm³/mol. The first-order valence-corrected chi connectivity index (χ1v) is 8.49. The number of fused-ring (bicyclic) bond motifs is 1. The van der Waals surface area contributed by atoms with Crippen molar-refractivity contribution in [2.24, 2.45) is 0 Å². The molecule has 4 rings (SSSR count). The highest BCUT2D eigenvalue weighted by atomic mass is 16.3. The van der Waals surface area contributed by atoms with Crippen LogP contribution in [0.15, 0.2) is 60.8 Å². The molecule has 0 fully saturated rings. The van der Waals surface area contributed by atoms with E-state index in [1.165, 1.54) is 11.6 Å². The minimum absolute atomic E-state index is 0.000832. The summed E-state index contributed by atoms with van der Waals surface area (Å²) in [5, 5.41) is 12.5. The molecular weight excluding hydrogens is 328 g/mol. The summed E-state index contributed by atoms with van der Waals surface area (Å²) in [5.74, 6) is -0.778. The standard InChI is InChI=1S/C21H18N2O3/c24-9-8-23-13-18(17-12-20(25)22-21(17)26)16-11-15(6-7-19(16)23)10-14-4-2-1-3-5-14/h1-7,11-13,24H,8-10H2,(H,22,25,26). The molecule has 0 bridgehead atoms. The lowest BCUT2D eigenvalue weighted by molar-refractivity contribution is -0.123. The molecule has 5 nitrogen and oxygen atoms in total. The van der Waals surface area contributed by atoms with Crippen LogP contribution in [0.2, 0.25) is 0 Å². The zero-order chi connectivity index (χ0) is 18.1. The van der Waals surface area contributed by atoms with Crippen molar-refractivity contribution in [3.63, 3.8) is 0 Å². The number of carbonyl (C=O) groups excluding carboxylic acids is 2.